The van der Waals surface area contributed by atoms with Gasteiger partial charge in [0.1, 0.15) is 0 Å². The Morgan fingerprint density at radius 3 is 3.00 bits per heavy atom. The molecule has 1 heterocycles. The third-order valence-corrected chi connectivity index (χ3v) is 3.35. The van der Waals surface area contributed by atoms with Crippen molar-refractivity contribution in [2.75, 3.05) is 13.2 Å². The standard InChI is InChI=1S/C12H21N3O.HI/c1-8(2)7-14-12(13)15-10-6-11-9(10)4-3-5-16-11;/h9-11H,1,3-7H2,2H3,(H3,13,14,15);1H. The van der Waals surface area contributed by atoms with Crippen molar-refractivity contribution < 1.29 is 4.74 Å². The van der Waals surface area contributed by atoms with Crippen molar-refractivity contribution in [3.63, 3.8) is 0 Å². The molecule has 0 amide bonds. The lowest BCUT2D eigenvalue weighted by molar-refractivity contribution is -0.0989. The number of rotatable bonds is 3. The quantitative estimate of drug-likeness (QED) is 0.352. The summed E-state index contributed by atoms with van der Waals surface area (Å²) >= 11 is 0. The molecule has 1 aliphatic heterocycles. The fourth-order valence-corrected chi connectivity index (χ4v) is 2.42. The second kappa shape index (κ2) is 6.58. The molecule has 0 spiro atoms. The summed E-state index contributed by atoms with van der Waals surface area (Å²) in [4.78, 5) is 4.23. The number of fused-ring (bicyclic) bond motifs is 1. The zero-order valence-corrected chi connectivity index (χ0v) is 12.6. The van der Waals surface area contributed by atoms with Gasteiger partial charge in [-0.1, -0.05) is 12.2 Å². The van der Waals surface area contributed by atoms with E-state index in [1.165, 1.54) is 12.8 Å². The average molecular weight is 351 g/mol. The number of guanidine groups is 1. The highest BCUT2D eigenvalue weighted by atomic mass is 127. The fourth-order valence-electron chi connectivity index (χ4n) is 2.42. The van der Waals surface area contributed by atoms with Gasteiger partial charge in [-0.3, -0.25) is 0 Å². The molecule has 3 atom stereocenters. The molecule has 4 nitrogen and oxygen atoms in total. The van der Waals surface area contributed by atoms with Crippen LogP contribution in [0, 0.1) is 5.92 Å². The largest absolute Gasteiger partial charge is 0.378 e. The summed E-state index contributed by atoms with van der Waals surface area (Å²) in [6.07, 6.45) is 3.94. The highest BCUT2D eigenvalue weighted by Gasteiger charge is 2.43. The lowest BCUT2D eigenvalue weighted by Gasteiger charge is -2.47. The molecule has 1 saturated heterocycles. The number of ether oxygens (including phenoxy) is 1. The number of aliphatic imine (C=N–C) groups is 1. The zero-order chi connectivity index (χ0) is 11.5. The maximum Gasteiger partial charge on any atom is 0.189 e. The predicted molar refractivity (Wildman–Crippen MR) is 80.7 cm³/mol. The number of nitrogens with zero attached hydrogens (tertiary/aromatic N) is 1. The van der Waals surface area contributed by atoms with Crippen molar-refractivity contribution in [2.24, 2.45) is 16.6 Å². The minimum atomic E-state index is 0. The van der Waals surface area contributed by atoms with Crippen LogP contribution < -0.4 is 11.1 Å². The third-order valence-electron chi connectivity index (χ3n) is 3.35. The Morgan fingerprint density at radius 2 is 2.35 bits per heavy atom. The van der Waals surface area contributed by atoms with Gasteiger partial charge in [-0.15, -0.1) is 24.0 Å². The zero-order valence-electron chi connectivity index (χ0n) is 10.3. The highest BCUT2D eigenvalue weighted by Crippen LogP contribution is 2.37. The van der Waals surface area contributed by atoms with Crippen LogP contribution in [-0.2, 0) is 4.74 Å². The monoisotopic (exact) mass is 351 g/mol. The second-order valence-corrected chi connectivity index (χ2v) is 4.86. The van der Waals surface area contributed by atoms with Crippen LogP contribution in [0.4, 0.5) is 0 Å². The van der Waals surface area contributed by atoms with Crippen LogP contribution in [0.2, 0.25) is 0 Å². The molecule has 98 valence electrons. The van der Waals surface area contributed by atoms with E-state index in [1.807, 2.05) is 6.92 Å². The first kappa shape index (κ1) is 14.8. The van der Waals surface area contributed by atoms with Crippen molar-refractivity contribution in [2.45, 2.75) is 38.3 Å². The molecule has 17 heavy (non-hydrogen) atoms. The smallest absolute Gasteiger partial charge is 0.189 e. The van der Waals surface area contributed by atoms with E-state index < -0.39 is 0 Å². The Balaban J connectivity index is 0.00000144. The molecular weight excluding hydrogens is 329 g/mol. The molecule has 3 N–H and O–H groups in total. The van der Waals surface area contributed by atoms with Crippen LogP contribution in [0.25, 0.3) is 0 Å². The molecule has 2 fully saturated rings. The van der Waals surface area contributed by atoms with Crippen molar-refractivity contribution >= 4 is 29.9 Å². The number of halogens is 1. The second-order valence-electron chi connectivity index (χ2n) is 4.86. The van der Waals surface area contributed by atoms with Gasteiger partial charge in [0, 0.05) is 18.6 Å². The first-order valence-electron chi connectivity index (χ1n) is 5.99. The van der Waals surface area contributed by atoms with Gasteiger partial charge in [-0.25, -0.2) is 4.99 Å². The Kier molecular flexibility index (Phi) is 5.72. The van der Waals surface area contributed by atoms with Crippen LogP contribution in [0.3, 0.4) is 0 Å². The molecule has 1 saturated carbocycles. The lowest BCUT2D eigenvalue weighted by Crippen LogP contribution is -2.59. The number of nitrogens with two attached hydrogens (primary N) is 1. The molecular formula is C12H22IN3O. The summed E-state index contributed by atoms with van der Waals surface area (Å²) in [7, 11) is 0. The van der Waals surface area contributed by atoms with Gasteiger partial charge in [0.2, 0.25) is 0 Å². The van der Waals surface area contributed by atoms with Gasteiger partial charge in [0.15, 0.2) is 5.96 Å². The first-order valence-corrected chi connectivity index (χ1v) is 5.99. The van der Waals surface area contributed by atoms with E-state index in [0.29, 0.717) is 30.6 Å². The van der Waals surface area contributed by atoms with Crippen LogP contribution in [0.5, 0.6) is 0 Å². The van der Waals surface area contributed by atoms with Crippen LogP contribution in [-0.4, -0.2) is 31.3 Å². The van der Waals surface area contributed by atoms with E-state index in [-0.39, 0.29) is 24.0 Å². The summed E-state index contributed by atoms with van der Waals surface area (Å²) in [5.74, 6) is 1.17. The number of hydrogen-bond acceptors (Lipinski definition) is 2. The summed E-state index contributed by atoms with van der Waals surface area (Å²) in [6.45, 7) is 7.28. The van der Waals surface area contributed by atoms with Gasteiger partial charge < -0.3 is 15.8 Å². The molecule has 2 aliphatic rings. The van der Waals surface area contributed by atoms with E-state index in [4.69, 9.17) is 10.5 Å². The van der Waals surface area contributed by atoms with Crippen LogP contribution in [0.15, 0.2) is 17.1 Å². The van der Waals surface area contributed by atoms with Crippen molar-refractivity contribution in [3.05, 3.63) is 12.2 Å². The normalized spacial score (nSPS) is 31.8. The fraction of sp³-hybridized carbons (Fsp3) is 0.750. The molecule has 0 aromatic carbocycles. The molecule has 2 rings (SSSR count). The molecule has 3 unspecified atom stereocenters. The van der Waals surface area contributed by atoms with Crippen molar-refractivity contribution in [1.29, 1.82) is 0 Å². The topological polar surface area (TPSA) is 59.6 Å². The Bertz CT molecular complexity index is 306. The van der Waals surface area contributed by atoms with Crippen molar-refractivity contribution in [1.82, 2.24) is 5.32 Å². The number of nitrogens with one attached hydrogen (secondary N) is 1. The number of hydrogen-bond donors (Lipinski definition) is 2. The molecule has 0 aromatic rings. The first-order chi connectivity index (χ1) is 7.66. The molecule has 5 heteroatoms. The van der Waals surface area contributed by atoms with Crippen LogP contribution in [0.1, 0.15) is 26.2 Å². The van der Waals surface area contributed by atoms with E-state index >= 15 is 0 Å². The summed E-state index contributed by atoms with van der Waals surface area (Å²) in [5.41, 5.74) is 6.84. The Labute approximate surface area is 120 Å². The molecule has 0 bridgehead atoms. The lowest BCUT2D eigenvalue weighted by atomic mass is 9.72. The Hall–Kier alpha value is -0.300. The van der Waals surface area contributed by atoms with Gasteiger partial charge in [0.25, 0.3) is 0 Å². The molecule has 0 aromatic heterocycles. The van der Waals surface area contributed by atoms with Crippen molar-refractivity contribution in [3.8, 4) is 0 Å². The van der Waals surface area contributed by atoms with E-state index in [0.717, 1.165) is 18.6 Å². The average Bonchev–Trinajstić information content (AvgIpc) is 2.23. The van der Waals surface area contributed by atoms with Gasteiger partial charge in [0.05, 0.1) is 12.6 Å². The summed E-state index contributed by atoms with van der Waals surface area (Å²) < 4.78 is 5.65. The Morgan fingerprint density at radius 1 is 1.59 bits per heavy atom. The van der Waals surface area contributed by atoms with E-state index in [1.54, 1.807) is 0 Å². The van der Waals surface area contributed by atoms with Gasteiger partial charge in [-0.2, -0.15) is 0 Å². The minimum absolute atomic E-state index is 0. The van der Waals surface area contributed by atoms with Gasteiger partial charge >= 0.3 is 0 Å². The van der Waals surface area contributed by atoms with E-state index in [2.05, 4.69) is 16.9 Å². The minimum Gasteiger partial charge on any atom is -0.378 e. The molecule has 1 aliphatic carbocycles. The summed E-state index contributed by atoms with van der Waals surface area (Å²) in [5, 5.41) is 3.28. The maximum absolute atomic E-state index is 5.81. The van der Waals surface area contributed by atoms with Gasteiger partial charge in [-0.05, 0) is 26.2 Å². The predicted octanol–water partition coefficient (Wildman–Crippen LogP) is 1.65. The SMILES string of the molecule is C=C(C)CN=C(N)NC1CC2OCCCC12.I. The maximum atomic E-state index is 5.81. The highest BCUT2D eigenvalue weighted by molar-refractivity contribution is 14.0. The molecule has 0 radical (unpaired) electrons. The summed E-state index contributed by atoms with van der Waals surface area (Å²) in [6, 6.07) is 0.458. The third kappa shape index (κ3) is 3.84. The van der Waals surface area contributed by atoms with E-state index in [9.17, 15) is 0 Å². The van der Waals surface area contributed by atoms with Crippen LogP contribution >= 0.6 is 24.0 Å².